The van der Waals surface area contributed by atoms with Crippen LogP contribution in [0.4, 0.5) is 0 Å². The lowest BCUT2D eigenvalue weighted by molar-refractivity contribution is 0.162. The molecule has 6 heteroatoms. The number of rotatable bonds is 3. The highest BCUT2D eigenvalue weighted by atomic mass is 35.5. The summed E-state index contributed by atoms with van der Waals surface area (Å²) in [7, 11) is -2.91. The molecule has 4 nitrogen and oxygen atoms in total. The molecule has 1 fully saturated rings. The van der Waals surface area contributed by atoms with Crippen LogP contribution < -0.4 is 5.73 Å². The molecule has 2 atom stereocenters. The van der Waals surface area contributed by atoms with Crippen LogP contribution >= 0.6 is 11.6 Å². The molecule has 1 saturated heterocycles. The van der Waals surface area contributed by atoms with Crippen molar-refractivity contribution < 1.29 is 8.42 Å². The zero-order chi connectivity index (χ0) is 14.0. The molecule has 1 aliphatic rings. The molecule has 2 N–H and O–H groups in total. The largest absolute Gasteiger partial charge is 0.329 e. The van der Waals surface area contributed by atoms with E-state index in [1.165, 1.54) is 0 Å². The molecule has 0 bridgehead atoms. The summed E-state index contributed by atoms with van der Waals surface area (Å²) in [6.45, 7) is 2.86. The minimum absolute atomic E-state index is 0.0285. The molecule has 0 spiro atoms. The number of sulfone groups is 1. The molecule has 0 amide bonds. The van der Waals surface area contributed by atoms with E-state index in [1.807, 2.05) is 31.2 Å². The van der Waals surface area contributed by atoms with Gasteiger partial charge in [0.05, 0.1) is 11.5 Å². The highest BCUT2D eigenvalue weighted by Gasteiger charge is 2.33. The normalized spacial score (nSPS) is 25.1. The Balaban J connectivity index is 2.26. The number of hydrogen-bond acceptors (Lipinski definition) is 4. The van der Waals surface area contributed by atoms with Crippen molar-refractivity contribution in [1.29, 1.82) is 0 Å². The van der Waals surface area contributed by atoms with E-state index in [4.69, 9.17) is 17.3 Å². The Hall–Kier alpha value is -0.620. The van der Waals surface area contributed by atoms with Gasteiger partial charge >= 0.3 is 0 Å². The second-order valence-corrected chi connectivity index (χ2v) is 7.61. The van der Waals surface area contributed by atoms with E-state index in [-0.39, 0.29) is 23.6 Å². The maximum atomic E-state index is 11.6. The smallest absolute Gasteiger partial charge is 0.153 e. The fraction of sp³-hybridized carbons (Fsp3) is 0.538. The Morgan fingerprint density at radius 3 is 2.74 bits per heavy atom. The van der Waals surface area contributed by atoms with Gasteiger partial charge in [-0.25, -0.2) is 8.42 Å². The summed E-state index contributed by atoms with van der Waals surface area (Å²) in [6, 6.07) is 7.53. The maximum Gasteiger partial charge on any atom is 0.153 e. The average Bonchev–Trinajstić information content (AvgIpc) is 2.34. The van der Waals surface area contributed by atoms with E-state index in [0.29, 0.717) is 18.1 Å². The van der Waals surface area contributed by atoms with Gasteiger partial charge in [0.2, 0.25) is 0 Å². The van der Waals surface area contributed by atoms with E-state index in [2.05, 4.69) is 4.90 Å². The zero-order valence-corrected chi connectivity index (χ0v) is 12.5. The second kappa shape index (κ2) is 5.79. The van der Waals surface area contributed by atoms with Crippen LogP contribution in [0.15, 0.2) is 24.3 Å². The van der Waals surface area contributed by atoms with E-state index < -0.39 is 9.84 Å². The first kappa shape index (κ1) is 14.8. The summed E-state index contributed by atoms with van der Waals surface area (Å²) >= 11 is 6.22. The molecular formula is C13H19ClN2O2S. The van der Waals surface area contributed by atoms with E-state index in [1.54, 1.807) is 0 Å². The summed E-state index contributed by atoms with van der Waals surface area (Å²) in [4.78, 5) is 2.14. The number of nitrogens with zero attached hydrogens (tertiary/aromatic N) is 1. The molecule has 2 rings (SSSR count). The van der Waals surface area contributed by atoms with Crippen molar-refractivity contribution in [1.82, 2.24) is 4.90 Å². The molecule has 0 radical (unpaired) electrons. The number of benzene rings is 1. The quantitative estimate of drug-likeness (QED) is 0.918. The van der Waals surface area contributed by atoms with Crippen molar-refractivity contribution in [2.75, 3.05) is 24.6 Å². The zero-order valence-electron chi connectivity index (χ0n) is 10.9. The fourth-order valence-electron chi connectivity index (χ4n) is 2.66. The summed E-state index contributed by atoms with van der Waals surface area (Å²) in [5.41, 5.74) is 6.85. The molecule has 0 aliphatic carbocycles. The molecule has 1 aliphatic heterocycles. The van der Waals surface area contributed by atoms with Crippen molar-refractivity contribution in [3.8, 4) is 0 Å². The predicted octanol–water partition coefficient (Wildman–Crippen LogP) is 1.46. The summed E-state index contributed by atoms with van der Waals surface area (Å²) < 4.78 is 23.3. The second-order valence-electron chi connectivity index (χ2n) is 4.97. The lowest BCUT2D eigenvalue weighted by Crippen LogP contribution is -2.50. The lowest BCUT2D eigenvalue weighted by Gasteiger charge is -2.39. The topological polar surface area (TPSA) is 63.4 Å². The first-order chi connectivity index (χ1) is 8.94. The molecule has 1 aromatic rings. The van der Waals surface area contributed by atoms with Gasteiger partial charge in [0.25, 0.3) is 0 Å². The Kier molecular flexibility index (Phi) is 4.50. The highest BCUT2D eigenvalue weighted by Crippen LogP contribution is 2.30. The standard InChI is InChI=1S/C13H19ClN2O2S/c1-10-9-19(17,18)7-6-16(10)13(8-15)11-4-2-3-5-12(11)14/h2-5,10,13H,6-9,15H2,1H3. The number of halogens is 1. The van der Waals surface area contributed by atoms with Gasteiger partial charge in [-0.05, 0) is 18.6 Å². The summed E-state index contributed by atoms with van der Waals surface area (Å²) in [6.07, 6.45) is 0. The van der Waals surface area contributed by atoms with Gasteiger partial charge in [0.1, 0.15) is 0 Å². The van der Waals surface area contributed by atoms with Crippen molar-refractivity contribution in [2.45, 2.75) is 19.0 Å². The van der Waals surface area contributed by atoms with E-state index in [9.17, 15) is 8.42 Å². The van der Waals surface area contributed by atoms with Gasteiger partial charge in [0.15, 0.2) is 9.84 Å². The predicted molar refractivity (Wildman–Crippen MR) is 78.1 cm³/mol. The van der Waals surface area contributed by atoms with Crippen LogP contribution in [0.1, 0.15) is 18.5 Å². The third kappa shape index (κ3) is 3.28. The van der Waals surface area contributed by atoms with Crippen molar-refractivity contribution in [3.05, 3.63) is 34.9 Å². The molecular weight excluding hydrogens is 284 g/mol. The SMILES string of the molecule is CC1CS(=O)(=O)CCN1C(CN)c1ccccc1Cl. The van der Waals surface area contributed by atoms with Crippen molar-refractivity contribution in [2.24, 2.45) is 5.73 Å². The molecule has 1 aromatic carbocycles. The van der Waals surface area contributed by atoms with Crippen LogP contribution in [0.25, 0.3) is 0 Å². The van der Waals surface area contributed by atoms with Gasteiger partial charge < -0.3 is 5.73 Å². The first-order valence-corrected chi connectivity index (χ1v) is 8.55. The monoisotopic (exact) mass is 302 g/mol. The van der Waals surface area contributed by atoms with Crippen LogP contribution in [-0.4, -0.2) is 44.0 Å². The molecule has 106 valence electrons. The van der Waals surface area contributed by atoms with Gasteiger partial charge in [-0.3, -0.25) is 4.90 Å². The van der Waals surface area contributed by atoms with Gasteiger partial charge in [-0.1, -0.05) is 29.8 Å². The van der Waals surface area contributed by atoms with E-state index in [0.717, 1.165) is 5.56 Å². The Labute approximate surface area is 119 Å². The maximum absolute atomic E-state index is 11.6. The summed E-state index contributed by atoms with van der Waals surface area (Å²) in [5.74, 6) is 0.381. The first-order valence-electron chi connectivity index (χ1n) is 6.35. The number of nitrogens with two attached hydrogens (primary N) is 1. The van der Waals surface area contributed by atoms with Crippen molar-refractivity contribution in [3.63, 3.8) is 0 Å². The van der Waals surface area contributed by atoms with Crippen LogP contribution in [0, 0.1) is 0 Å². The highest BCUT2D eigenvalue weighted by molar-refractivity contribution is 7.91. The summed E-state index contributed by atoms with van der Waals surface area (Å²) in [5, 5.41) is 0.679. The van der Waals surface area contributed by atoms with Crippen LogP contribution in [0.2, 0.25) is 5.02 Å². The molecule has 19 heavy (non-hydrogen) atoms. The van der Waals surface area contributed by atoms with Crippen molar-refractivity contribution >= 4 is 21.4 Å². The fourth-order valence-corrected chi connectivity index (χ4v) is 4.50. The van der Waals surface area contributed by atoms with Gasteiger partial charge in [0, 0.05) is 30.2 Å². The minimum atomic E-state index is -2.91. The minimum Gasteiger partial charge on any atom is -0.329 e. The van der Waals surface area contributed by atoms with Gasteiger partial charge in [-0.15, -0.1) is 0 Å². The third-order valence-corrected chi connectivity index (χ3v) is 5.75. The Morgan fingerprint density at radius 2 is 2.16 bits per heavy atom. The average molecular weight is 303 g/mol. The Bertz CT molecular complexity index is 547. The third-order valence-electron chi connectivity index (χ3n) is 3.61. The van der Waals surface area contributed by atoms with Crippen LogP contribution in [0.3, 0.4) is 0 Å². The molecule has 2 unspecified atom stereocenters. The van der Waals surface area contributed by atoms with Crippen LogP contribution in [-0.2, 0) is 9.84 Å². The van der Waals surface area contributed by atoms with Crippen LogP contribution in [0.5, 0.6) is 0 Å². The molecule has 1 heterocycles. The molecule has 0 saturated carbocycles. The lowest BCUT2D eigenvalue weighted by atomic mass is 10.0. The van der Waals surface area contributed by atoms with E-state index >= 15 is 0 Å². The van der Waals surface area contributed by atoms with Gasteiger partial charge in [-0.2, -0.15) is 0 Å². The number of hydrogen-bond donors (Lipinski definition) is 1. The molecule has 0 aromatic heterocycles. The Morgan fingerprint density at radius 1 is 1.47 bits per heavy atom.